The molecule has 156 valence electrons. The number of amides is 1. The van der Waals surface area contributed by atoms with E-state index in [1.165, 1.54) is 16.8 Å². The number of rotatable bonds is 4. The average Bonchev–Trinajstić information content (AvgIpc) is 3.08. The molecular weight excluding hydrogens is 418 g/mol. The molecule has 2 aromatic heterocycles. The molecular formula is C22H18ClN5O3. The van der Waals surface area contributed by atoms with E-state index >= 15 is 0 Å². The second-order valence-electron chi connectivity index (χ2n) is 7.23. The number of hydrogen-bond acceptors (Lipinski definition) is 5. The molecule has 0 fully saturated rings. The van der Waals surface area contributed by atoms with Crippen LogP contribution >= 0.6 is 11.6 Å². The van der Waals surface area contributed by atoms with Crippen LogP contribution in [0.4, 0.5) is 11.5 Å². The number of para-hydroxylation sites is 1. The first-order valence-corrected chi connectivity index (χ1v) is 9.81. The number of nitrogens with zero attached hydrogens (tertiary/aromatic N) is 4. The lowest BCUT2D eigenvalue weighted by Crippen LogP contribution is -2.16. The maximum absolute atomic E-state index is 12.9. The molecule has 2 heterocycles. The van der Waals surface area contributed by atoms with Crippen molar-refractivity contribution in [2.45, 2.75) is 20.8 Å². The van der Waals surface area contributed by atoms with Gasteiger partial charge in [-0.15, -0.1) is 0 Å². The van der Waals surface area contributed by atoms with Crippen LogP contribution in [0.1, 0.15) is 27.2 Å². The molecule has 2 aromatic carbocycles. The lowest BCUT2D eigenvalue weighted by molar-refractivity contribution is -0.384. The third-order valence-corrected chi connectivity index (χ3v) is 5.26. The zero-order chi connectivity index (χ0) is 22.3. The van der Waals surface area contributed by atoms with Crippen molar-refractivity contribution in [1.29, 1.82) is 0 Å². The average molecular weight is 436 g/mol. The first kappa shape index (κ1) is 20.5. The summed E-state index contributed by atoms with van der Waals surface area (Å²) in [5.41, 5.74) is 3.35. The second-order valence-corrected chi connectivity index (χ2v) is 7.63. The number of aromatic nitrogens is 3. The van der Waals surface area contributed by atoms with Crippen molar-refractivity contribution in [3.63, 3.8) is 0 Å². The molecule has 4 rings (SSSR count). The molecule has 1 amide bonds. The van der Waals surface area contributed by atoms with Gasteiger partial charge in [-0.3, -0.25) is 14.9 Å². The molecule has 31 heavy (non-hydrogen) atoms. The number of non-ortho nitro benzene ring substituents is 1. The van der Waals surface area contributed by atoms with Crippen molar-refractivity contribution in [2.24, 2.45) is 0 Å². The highest BCUT2D eigenvalue weighted by atomic mass is 35.5. The fourth-order valence-corrected chi connectivity index (χ4v) is 3.60. The van der Waals surface area contributed by atoms with Crippen molar-refractivity contribution in [3.05, 3.63) is 86.1 Å². The normalized spacial score (nSPS) is 11.0. The zero-order valence-electron chi connectivity index (χ0n) is 17.0. The summed E-state index contributed by atoms with van der Waals surface area (Å²) in [7, 11) is 0. The molecule has 0 saturated carbocycles. The van der Waals surface area contributed by atoms with Crippen LogP contribution in [0.15, 0.2) is 48.5 Å². The van der Waals surface area contributed by atoms with Crippen molar-refractivity contribution in [1.82, 2.24) is 14.8 Å². The van der Waals surface area contributed by atoms with Crippen molar-refractivity contribution >= 4 is 39.9 Å². The number of fused-ring (bicyclic) bond motifs is 1. The number of anilines is 1. The van der Waals surface area contributed by atoms with E-state index in [0.29, 0.717) is 17.3 Å². The predicted octanol–water partition coefficient (Wildman–Crippen LogP) is 5.16. The van der Waals surface area contributed by atoms with Gasteiger partial charge < -0.3 is 5.32 Å². The Morgan fingerprint density at radius 2 is 1.87 bits per heavy atom. The maximum atomic E-state index is 12.9. The molecule has 4 aromatic rings. The molecule has 0 unspecified atom stereocenters. The van der Waals surface area contributed by atoms with E-state index in [-0.39, 0.29) is 16.3 Å². The molecule has 1 N–H and O–H groups in total. The molecule has 0 saturated heterocycles. The van der Waals surface area contributed by atoms with E-state index in [0.717, 1.165) is 28.1 Å². The molecule has 8 nitrogen and oxygen atoms in total. The van der Waals surface area contributed by atoms with Crippen LogP contribution in [0.2, 0.25) is 5.02 Å². The maximum Gasteiger partial charge on any atom is 0.270 e. The summed E-state index contributed by atoms with van der Waals surface area (Å²) >= 11 is 6.11. The largest absolute Gasteiger partial charge is 0.306 e. The number of carbonyl (C=O) groups is 1. The standard InChI is InChI=1S/C22H18ClN5O3/c1-12-5-4-6-16-13(2)9-19(24-21(12)16)27-20(10-14(3)26-27)25-22(29)17-11-15(28(30)31)7-8-18(17)23/h4-11H,1-3H3,(H,25,29). The molecule has 0 bridgehead atoms. The van der Waals surface area contributed by atoms with Crippen molar-refractivity contribution in [3.8, 4) is 5.82 Å². The summed E-state index contributed by atoms with van der Waals surface area (Å²) in [5.74, 6) is 0.348. The second kappa shape index (κ2) is 7.81. The van der Waals surface area contributed by atoms with E-state index in [2.05, 4.69) is 10.4 Å². The molecule has 9 heteroatoms. The third-order valence-electron chi connectivity index (χ3n) is 4.93. The van der Waals surface area contributed by atoms with Gasteiger partial charge in [0.05, 0.1) is 26.7 Å². The molecule has 0 atom stereocenters. The number of benzene rings is 2. The van der Waals surface area contributed by atoms with Gasteiger partial charge in [0, 0.05) is 23.6 Å². The van der Waals surface area contributed by atoms with Gasteiger partial charge in [-0.25, -0.2) is 4.98 Å². The van der Waals surface area contributed by atoms with Crippen LogP contribution in [0, 0.1) is 30.9 Å². The highest BCUT2D eigenvalue weighted by Crippen LogP contribution is 2.26. The van der Waals surface area contributed by atoms with Gasteiger partial charge in [-0.1, -0.05) is 29.8 Å². The van der Waals surface area contributed by atoms with Crippen LogP contribution < -0.4 is 5.32 Å². The molecule has 0 radical (unpaired) electrons. The molecule has 0 spiro atoms. The van der Waals surface area contributed by atoms with Gasteiger partial charge in [-0.2, -0.15) is 9.78 Å². The van der Waals surface area contributed by atoms with E-state index in [1.54, 1.807) is 13.0 Å². The fourth-order valence-electron chi connectivity index (χ4n) is 3.40. The smallest absolute Gasteiger partial charge is 0.270 e. The number of halogens is 1. The highest BCUT2D eigenvalue weighted by Gasteiger charge is 2.19. The van der Waals surface area contributed by atoms with Crippen LogP contribution in [0.3, 0.4) is 0 Å². The first-order valence-electron chi connectivity index (χ1n) is 9.44. The van der Waals surface area contributed by atoms with E-state index in [9.17, 15) is 14.9 Å². The first-order chi connectivity index (χ1) is 14.7. The highest BCUT2D eigenvalue weighted by molar-refractivity contribution is 6.34. The Kier molecular flexibility index (Phi) is 5.16. The topological polar surface area (TPSA) is 103 Å². The Morgan fingerprint density at radius 1 is 1.10 bits per heavy atom. The Morgan fingerprint density at radius 3 is 2.61 bits per heavy atom. The Hall–Kier alpha value is -3.78. The van der Waals surface area contributed by atoms with Crippen LogP contribution in [-0.2, 0) is 0 Å². The molecule has 0 aliphatic heterocycles. The van der Waals surface area contributed by atoms with E-state index in [1.807, 2.05) is 38.1 Å². The summed E-state index contributed by atoms with van der Waals surface area (Å²) in [5, 5.41) is 19.4. The van der Waals surface area contributed by atoms with Gasteiger partial charge in [0.2, 0.25) is 0 Å². The number of carbonyl (C=O) groups excluding carboxylic acids is 1. The number of nitrogens with one attached hydrogen (secondary N) is 1. The molecule has 0 aliphatic carbocycles. The quantitative estimate of drug-likeness (QED) is 0.352. The number of pyridine rings is 1. The summed E-state index contributed by atoms with van der Waals surface area (Å²) in [6.07, 6.45) is 0. The fraction of sp³-hybridized carbons (Fsp3) is 0.136. The van der Waals surface area contributed by atoms with Crippen LogP contribution in [0.5, 0.6) is 0 Å². The van der Waals surface area contributed by atoms with Gasteiger partial charge in [0.1, 0.15) is 5.82 Å². The predicted molar refractivity (Wildman–Crippen MR) is 119 cm³/mol. The summed E-state index contributed by atoms with van der Waals surface area (Å²) in [6.45, 7) is 5.77. The van der Waals surface area contributed by atoms with Gasteiger partial charge in [0.15, 0.2) is 5.82 Å². The van der Waals surface area contributed by atoms with Crippen molar-refractivity contribution < 1.29 is 9.72 Å². The van der Waals surface area contributed by atoms with Gasteiger partial charge in [0.25, 0.3) is 11.6 Å². The minimum atomic E-state index is -0.580. The zero-order valence-corrected chi connectivity index (χ0v) is 17.8. The van der Waals surface area contributed by atoms with Gasteiger partial charge in [-0.05, 0) is 44.0 Å². The minimum absolute atomic E-state index is 0.000217. The number of nitro benzene ring substituents is 1. The van der Waals surface area contributed by atoms with Gasteiger partial charge >= 0.3 is 0 Å². The number of aryl methyl sites for hydroxylation is 3. The Balaban J connectivity index is 1.76. The lowest BCUT2D eigenvalue weighted by atomic mass is 10.1. The number of nitro groups is 1. The van der Waals surface area contributed by atoms with E-state index < -0.39 is 10.8 Å². The lowest BCUT2D eigenvalue weighted by Gasteiger charge is -2.12. The van der Waals surface area contributed by atoms with Crippen LogP contribution in [-0.4, -0.2) is 25.6 Å². The molecule has 0 aliphatic rings. The summed E-state index contributed by atoms with van der Waals surface area (Å²) in [6, 6.07) is 13.3. The van der Waals surface area contributed by atoms with Crippen molar-refractivity contribution in [2.75, 3.05) is 5.32 Å². The monoisotopic (exact) mass is 435 g/mol. The SMILES string of the molecule is Cc1cc(NC(=O)c2cc([N+](=O)[O-])ccc2Cl)n(-c2cc(C)c3cccc(C)c3n2)n1. The third kappa shape index (κ3) is 3.85. The minimum Gasteiger partial charge on any atom is -0.306 e. The van der Waals surface area contributed by atoms with E-state index in [4.69, 9.17) is 16.6 Å². The Labute approximate surface area is 182 Å². The Bertz CT molecular complexity index is 1360. The summed E-state index contributed by atoms with van der Waals surface area (Å²) in [4.78, 5) is 28.1. The summed E-state index contributed by atoms with van der Waals surface area (Å²) < 4.78 is 1.54. The van der Waals surface area contributed by atoms with Crippen LogP contribution in [0.25, 0.3) is 16.7 Å². The number of hydrogen-bond donors (Lipinski definition) is 1.